The second-order valence-corrected chi connectivity index (χ2v) is 5.77. The maximum Gasteiger partial charge on any atom is 0.238 e. The lowest BCUT2D eigenvalue weighted by Crippen LogP contribution is -2.37. The maximum absolute atomic E-state index is 13.3. The van der Waals surface area contributed by atoms with Gasteiger partial charge in [0.25, 0.3) is 0 Å². The fourth-order valence-corrected chi connectivity index (χ4v) is 1.46. The second kappa shape index (κ2) is 6.66. The van der Waals surface area contributed by atoms with Gasteiger partial charge in [-0.25, -0.2) is 4.39 Å². The monoisotopic (exact) mass is 266 g/mol. The first kappa shape index (κ1) is 15.6. The lowest BCUT2D eigenvalue weighted by atomic mass is 9.81. The van der Waals surface area contributed by atoms with Crippen LogP contribution in [0.5, 0.6) is 0 Å². The number of rotatable bonds is 6. The van der Waals surface area contributed by atoms with Crippen LogP contribution in [0.1, 0.15) is 27.7 Å². The standard InChI is InChI=1S/C15H23FN2O/c1-11(2)15(3,4)10-17-9-14(19)18-13-8-6-5-7-12(13)16/h5-8,11,17H,9-10H2,1-4H3,(H,18,19). The summed E-state index contributed by atoms with van der Waals surface area (Å²) in [5, 5.41) is 5.66. The highest BCUT2D eigenvalue weighted by Gasteiger charge is 2.21. The van der Waals surface area contributed by atoms with Crippen LogP contribution in [0.25, 0.3) is 0 Å². The Labute approximate surface area is 114 Å². The third-order valence-electron chi connectivity index (χ3n) is 3.58. The highest BCUT2D eigenvalue weighted by Crippen LogP contribution is 2.24. The van der Waals surface area contributed by atoms with Gasteiger partial charge in [-0.3, -0.25) is 4.79 Å². The molecule has 1 aromatic rings. The van der Waals surface area contributed by atoms with Crippen molar-refractivity contribution in [3.63, 3.8) is 0 Å². The Morgan fingerprint density at radius 1 is 1.32 bits per heavy atom. The molecule has 0 aliphatic rings. The summed E-state index contributed by atoms with van der Waals surface area (Å²) < 4.78 is 13.3. The molecule has 0 fully saturated rings. The molecule has 0 saturated heterocycles. The zero-order chi connectivity index (χ0) is 14.5. The van der Waals surface area contributed by atoms with Crippen LogP contribution in [-0.4, -0.2) is 19.0 Å². The first-order chi connectivity index (χ1) is 8.83. The Kier molecular flexibility index (Phi) is 5.48. The summed E-state index contributed by atoms with van der Waals surface area (Å²) in [6.45, 7) is 9.54. The lowest BCUT2D eigenvalue weighted by molar-refractivity contribution is -0.115. The van der Waals surface area contributed by atoms with Gasteiger partial charge in [0.2, 0.25) is 5.91 Å². The Balaban J connectivity index is 2.39. The number of hydrogen-bond acceptors (Lipinski definition) is 2. The van der Waals surface area contributed by atoms with Crippen LogP contribution in [0.2, 0.25) is 0 Å². The largest absolute Gasteiger partial charge is 0.322 e. The van der Waals surface area contributed by atoms with Crippen molar-refractivity contribution in [2.75, 3.05) is 18.4 Å². The zero-order valence-corrected chi connectivity index (χ0v) is 12.1. The van der Waals surface area contributed by atoms with Crippen LogP contribution in [-0.2, 0) is 4.79 Å². The number of carbonyl (C=O) groups excluding carboxylic acids is 1. The van der Waals surface area contributed by atoms with Crippen molar-refractivity contribution in [1.82, 2.24) is 5.32 Å². The predicted octanol–water partition coefficient (Wildman–Crippen LogP) is 3.04. The van der Waals surface area contributed by atoms with E-state index in [1.54, 1.807) is 18.2 Å². The number of para-hydroxylation sites is 1. The van der Waals surface area contributed by atoms with Gasteiger partial charge in [0.05, 0.1) is 12.2 Å². The van der Waals surface area contributed by atoms with E-state index in [4.69, 9.17) is 0 Å². The van der Waals surface area contributed by atoms with Gasteiger partial charge in [-0.05, 0) is 23.5 Å². The molecule has 3 nitrogen and oxygen atoms in total. The summed E-state index contributed by atoms with van der Waals surface area (Å²) in [6.07, 6.45) is 0. The maximum atomic E-state index is 13.3. The zero-order valence-electron chi connectivity index (χ0n) is 12.1. The van der Waals surface area contributed by atoms with Gasteiger partial charge in [-0.15, -0.1) is 0 Å². The molecule has 0 saturated carbocycles. The van der Waals surface area contributed by atoms with E-state index in [1.807, 2.05) is 0 Å². The van der Waals surface area contributed by atoms with Crippen LogP contribution in [0, 0.1) is 17.2 Å². The van der Waals surface area contributed by atoms with E-state index in [0.29, 0.717) is 5.92 Å². The molecule has 4 heteroatoms. The topological polar surface area (TPSA) is 41.1 Å². The second-order valence-electron chi connectivity index (χ2n) is 5.77. The van der Waals surface area contributed by atoms with Crippen molar-refractivity contribution < 1.29 is 9.18 Å². The summed E-state index contributed by atoms with van der Waals surface area (Å²) in [5.74, 6) is -0.127. The average Bonchev–Trinajstić information content (AvgIpc) is 2.31. The molecular weight excluding hydrogens is 243 g/mol. The molecule has 0 spiro atoms. The van der Waals surface area contributed by atoms with Crippen LogP contribution >= 0.6 is 0 Å². The molecule has 0 bridgehead atoms. The van der Waals surface area contributed by atoms with E-state index in [1.165, 1.54) is 6.07 Å². The summed E-state index contributed by atoms with van der Waals surface area (Å²) in [7, 11) is 0. The summed E-state index contributed by atoms with van der Waals surface area (Å²) in [4.78, 5) is 11.7. The first-order valence-corrected chi connectivity index (χ1v) is 6.58. The molecule has 106 valence electrons. The molecule has 19 heavy (non-hydrogen) atoms. The summed E-state index contributed by atoms with van der Waals surface area (Å²) >= 11 is 0. The van der Waals surface area contributed by atoms with Crippen molar-refractivity contribution in [1.29, 1.82) is 0 Å². The molecule has 0 aliphatic heterocycles. The van der Waals surface area contributed by atoms with Gasteiger partial charge >= 0.3 is 0 Å². The molecule has 2 N–H and O–H groups in total. The molecule has 0 aromatic heterocycles. The molecule has 1 aromatic carbocycles. The smallest absolute Gasteiger partial charge is 0.238 e. The highest BCUT2D eigenvalue weighted by molar-refractivity contribution is 5.92. The van der Waals surface area contributed by atoms with Gasteiger partial charge in [0.1, 0.15) is 5.82 Å². The van der Waals surface area contributed by atoms with Crippen molar-refractivity contribution in [3.05, 3.63) is 30.1 Å². The fourth-order valence-electron chi connectivity index (χ4n) is 1.46. The van der Waals surface area contributed by atoms with E-state index >= 15 is 0 Å². The Bertz CT molecular complexity index is 430. The molecule has 1 amide bonds. The van der Waals surface area contributed by atoms with Crippen LogP contribution < -0.4 is 10.6 Å². The quantitative estimate of drug-likeness (QED) is 0.831. The molecule has 1 rings (SSSR count). The minimum Gasteiger partial charge on any atom is -0.322 e. The van der Waals surface area contributed by atoms with Crippen LogP contribution in [0.15, 0.2) is 24.3 Å². The Morgan fingerprint density at radius 2 is 1.95 bits per heavy atom. The SMILES string of the molecule is CC(C)C(C)(C)CNCC(=O)Nc1ccccc1F. The number of benzene rings is 1. The number of nitrogens with one attached hydrogen (secondary N) is 2. The number of hydrogen-bond donors (Lipinski definition) is 2. The molecule has 0 atom stereocenters. The minimum atomic E-state index is -0.418. The number of halogens is 1. The third-order valence-corrected chi connectivity index (χ3v) is 3.58. The normalized spacial score (nSPS) is 11.7. The van der Waals surface area contributed by atoms with Crippen LogP contribution in [0.3, 0.4) is 0 Å². The van der Waals surface area contributed by atoms with E-state index in [9.17, 15) is 9.18 Å². The average molecular weight is 266 g/mol. The molecule has 0 unspecified atom stereocenters. The van der Waals surface area contributed by atoms with Crippen LogP contribution in [0.4, 0.5) is 10.1 Å². The Hall–Kier alpha value is -1.42. The third kappa shape index (κ3) is 4.99. The lowest BCUT2D eigenvalue weighted by Gasteiger charge is -2.29. The number of anilines is 1. The molecular formula is C15H23FN2O. The van der Waals surface area contributed by atoms with Gasteiger partial charge in [0, 0.05) is 6.54 Å². The minimum absolute atomic E-state index is 0.123. The van der Waals surface area contributed by atoms with E-state index < -0.39 is 5.82 Å². The van der Waals surface area contributed by atoms with E-state index in [0.717, 1.165) is 6.54 Å². The Morgan fingerprint density at radius 3 is 2.53 bits per heavy atom. The van der Waals surface area contributed by atoms with Crippen molar-refractivity contribution in [2.45, 2.75) is 27.7 Å². The predicted molar refractivity (Wildman–Crippen MR) is 76.5 cm³/mol. The van der Waals surface area contributed by atoms with E-state index in [-0.39, 0.29) is 23.6 Å². The van der Waals surface area contributed by atoms with Crippen molar-refractivity contribution in [2.24, 2.45) is 11.3 Å². The number of carbonyl (C=O) groups is 1. The molecule has 0 radical (unpaired) electrons. The van der Waals surface area contributed by atoms with Gasteiger partial charge in [-0.2, -0.15) is 0 Å². The highest BCUT2D eigenvalue weighted by atomic mass is 19.1. The fraction of sp³-hybridized carbons (Fsp3) is 0.533. The van der Waals surface area contributed by atoms with Gasteiger partial charge < -0.3 is 10.6 Å². The first-order valence-electron chi connectivity index (χ1n) is 6.58. The van der Waals surface area contributed by atoms with Crippen molar-refractivity contribution in [3.8, 4) is 0 Å². The summed E-state index contributed by atoms with van der Waals surface area (Å²) in [5.41, 5.74) is 0.343. The molecule has 0 heterocycles. The number of amides is 1. The molecule has 0 aliphatic carbocycles. The van der Waals surface area contributed by atoms with Crippen molar-refractivity contribution >= 4 is 11.6 Å². The summed E-state index contributed by atoms with van der Waals surface area (Å²) in [6, 6.07) is 6.15. The van der Waals surface area contributed by atoms with E-state index in [2.05, 4.69) is 38.3 Å². The van der Waals surface area contributed by atoms with Gasteiger partial charge in [-0.1, -0.05) is 39.8 Å². The van der Waals surface area contributed by atoms with Gasteiger partial charge in [0.15, 0.2) is 0 Å².